The summed E-state index contributed by atoms with van der Waals surface area (Å²) >= 11 is 0. The van der Waals surface area contributed by atoms with Gasteiger partial charge in [-0.2, -0.15) is 0 Å². The monoisotopic (exact) mass is 480 g/mol. The number of anilines is 2. The van der Waals surface area contributed by atoms with Crippen molar-refractivity contribution in [2.75, 3.05) is 44.5 Å². The van der Waals surface area contributed by atoms with Crippen LogP contribution >= 0.6 is 0 Å². The number of hydrogen-bond donors (Lipinski definition) is 1. The molecule has 6 nitrogen and oxygen atoms in total. The first-order chi connectivity index (χ1) is 17.5. The van der Waals surface area contributed by atoms with E-state index in [0.29, 0.717) is 19.5 Å². The number of carbonyl (C=O) groups is 1. The van der Waals surface area contributed by atoms with Gasteiger partial charge in [-0.05, 0) is 72.9 Å². The fourth-order valence-corrected chi connectivity index (χ4v) is 5.76. The zero-order valence-electron chi connectivity index (χ0n) is 21.1. The Hall–Kier alpha value is -3.93. The minimum atomic E-state index is -0.202. The second-order valence-electron chi connectivity index (χ2n) is 10.1. The third-order valence-electron chi connectivity index (χ3n) is 7.81. The number of amides is 1. The molecule has 6 heteroatoms. The number of nitrogens with one attached hydrogen (secondary N) is 1. The predicted molar refractivity (Wildman–Crippen MR) is 146 cm³/mol. The summed E-state index contributed by atoms with van der Waals surface area (Å²) in [5.74, 6) is 0.984. The summed E-state index contributed by atoms with van der Waals surface area (Å²) in [6, 6.07) is 16.9. The van der Waals surface area contributed by atoms with Gasteiger partial charge in [0.2, 0.25) is 5.91 Å². The zero-order chi connectivity index (χ0) is 24.9. The number of fused-ring (bicyclic) bond motifs is 5. The van der Waals surface area contributed by atoms with Crippen LogP contribution in [-0.2, 0) is 10.3 Å². The van der Waals surface area contributed by atoms with Crippen molar-refractivity contribution >= 4 is 29.4 Å². The minimum absolute atomic E-state index is 0.146. The van der Waals surface area contributed by atoms with Crippen molar-refractivity contribution in [2.45, 2.75) is 24.8 Å². The number of nitrogens with zero attached hydrogens (tertiary/aromatic N) is 3. The predicted octanol–water partition coefficient (Wildman–Crippen LogP) is 5.30. The van der Waals surface area contributed by atoms with Crippen molar-refractivity contribution in [1.82, 2.24) is 9.47 Å². The molecule has 36 heavy (non-hydrogen) atoms. The summed E-state index contributed by atoms with van der Waals surface area (Å²) in [6.07, 6.45) is 10.8. The number of benzene rings is 2. The van der Waals surface area contributed by atoms with E-state index in [2.05, 4.69) is 81.7 Å². The number of rotatable bonds is 3. The second-order valence-corrected chi connectivity index (χ2v) is 10.1. The lowest BCUT2D eigenvalue weighted by atomic mass is 9.82. The molecule has 6 rings (SSSR count). The van der Waals surface area contributed by atoms with Gasteiger partial charge in [0.05, 0.1) is 24.0 Å². The van der Waals surface area contributed by atoms with Crippen LogP contribution in [0.1, 0.15) is 36.1 Å². The van der Waals surface area contributed by atoms with Gasteiger partial charge >= 0.3 is 0 Å². The van der Waals surface area contributed by atoms with E-state index in [0.717, 1.165) is 52.4 Å². The maximum Gasteiger partial charge on any atom is 0.250 e. The van der Waals surface area contributed by atoms with Crippen LogP contribution in [0.2, 0.25) is 0 Å². The first kappa shape index (κ1) is 22.5. The number of ether oxygens (including phenoxy) is 1. The van der Waals surface area contributed by atoms with Crippen LogP contribution in [-0.4, -0.2) is 49.7 Å². The standard InChI is InChI=1S/C30H32N4O2/c1-32(2)24-10-9-22-18-23(7-4-6-21(22)19-24)29(35)33-16-13-30(14-17-33)28-8-5-15-34(28)27-12-11-25(36-3)20-26(27)31-30/h4-6,8-12,15,18-20,31H,7,13-14,16-17H2,1-3H3. The lowest BCUT2D eigenvalue weighted by Crippen LogP contribution is -2.51. The van der Waals surface area contributed by atoms with Crippen molar-refractivity contribution in [3.63, 3.8) is 0 Å². The van der Waals surface area contributed by atoms with Crippen LogP contribution in [0.15, 0.2) is 66.4 Å². The summed E-state index contributed by atoms with van der Waals surface area (Å²) in [5.41, 5.74) is 7.53. The number of aromatic nitrogens is 1. The van der Waals surface area contributed by atoms with E-state index < -0.39 is 0 Å². The molecule has 1 saturated heterocycles. The zero-order valence-corrected chi connectivity index (χ0v) is 21.1. The molecule has 0 radical (unpaired) electrons. The van der Waals surface area contributed by atoms with Gasteiger partial charge in [-0.15, -0.1) is 0 Å². The van der Waals surface area contributed by atoms with Crippen LogP contribution in [0.5, 0.6) is 5.75 Å². The molecule has 184 valence electrons. The molecule has 2 aliphatic heterocycles. The molecule has 0 atom stereocenters. The Bertz CT molecular complexity index is 1390. The van der Waals surface area contributed by atoms with Crippen molar-refractivity contribution in [1.29, 1.82) is 0 Å². The number of allylic oxidation sites excluding steroid dienone is 1. The maximum atomic E-state index is 13.6. The van der Waals surface area contributed by atoms with Crippen LogP contribution in [0.25, 0.3) is 17.8 Å². The summed E-state index contributed by atoms with van der Waals surface area (Å²) in [7, 11) is 5.79. The molecule has 2 aromatic carbocycles. The van der Waals surface area contributed by atoms with Crippen LogP contribution < -0.4 is 15.0 Å². The fourth-order valence-electron chi connectivity index (χ4n) is 5.76. The van der Waals surface area contributed by atoms with Gasteiger partial charge in [0, 0.05) is 56.4 Å². The number of piperidine rings is 1. The van der Waals surface area contributed by atoms with Gasteiger partial charge in [0.1, 0.15) is 5.75 Å². The second kappa shape index (κ2) is 8.63. The lowest BCUT2D eigenvalue weighted by Gasteiger charge is -2.46. The van der Waals surface area contributed by atoms with Gasteiger partial charge in [-0.3, -0.25) is 4.79 Å². The Balaban J connectivity index is 1.23. The minimum Gasteiger partial charge on any atom is -0.497 e. The molecule has 1 spiro atoms. The quantitative estimate of drug-likeness (QED) is 0.553. The summed E-state index contributed by atoms with van der Waals surface area (Å²) in [6.45, 7) is 1.42. The molecule has 3 heterocycles. The molecule has 0 bridgehead atoms. The smallest absolute Gasteiger partial charge is 0.250 e. The molecule has 3 aliphatic rings. The van der Waals surface area contributed by atoms with Crippen molar-refractivity contribution in [2.24, 2.45) is 0 Å². The third-order valence-corrected chi connectivity index (χ3v) is 7.81. The molecule has 1 amide bonds. The number of carbonyl (C=O) groups excluding carboxylic acids is 1. The van der Waals surface area contributed by atoms with E-state index >= 15 is 0 Å². The lowest BCUT2D eigenvalue weighted by molar-refractivity contribution is -0.128. The van der Waals surface area contributed by atoms with E-state index in [1.165, 1.54) is 5.69 Å². The SMILES string of the molecule is COc1ccc2c(c1)NC1(CCN(C(=O)C3=Cc4ccc(N(C)C)cc4C=CC3)CC1)c1cccn1-2. The summed E-state index contributed by atoms with van der Waals surface area (Å²) < 4.78 is 7.76. The highest BCUT2D eigenvalue weighted by atomic mass is 16.5. The molecule has 0 saturated carbocycles. The third kappa shape index (κ3) is 3.68. The fraction of sp³-hybridized carbons (Fsp3) is 0.300. The van der Waals surface area contributed by atoms with E-state index in [1.54, 1.807) is 7.11 Å². The molecule has 1 aromatic heterocycles. The van der Waals surface area contributed by atoms with E-state index in [4.69, 9.17) is 4.74 Å². The Labute approximate surface area is 212 Å². The van der Waals surface area contributed by atoms with Crippen LogP contribution in [0, 0.1) is 0 Å². The summed E-state index contributed by atoms with van der Waals surface area (Å²) in [5, 5.41) is 3.84. The molecule has 1 N–H and O–H groups in total. The van der Waals surface area contributed by atoms with Gasteiger partial charge in [0.25, 0.3) is 0 Å². The Morgan fingerprint density at radius 2 is 1.89 bits per heavy atom. The number of hydrogen-bond acceptors (Lipinski definition) is 4. The van der Waals surface area contributed by atoms with Crippen molar-refractivity contribution < 1.29 is 9.53 Å². The van der Waals surface area contributed by atoms with E-state index in [9.17, 15) is 4.79 Å². The summed E-state index contributed by atoms with van der Waals surface area (Å²) in [4.78, 5) is 17.7. The normalized spacial score (nSPS) is 17.3. The molecule has 0 unspecified atom stereocenters. The molecule has 1 fully saturated rings. The molecule has 1 aliphatic carbocycles. The Morgan fingerprint density at radius 3 is 2.67 bits per heavy atom. The number of methoxy groups -OCH3 is 1. The van der Waals surface area contributed by atoms with Crippen molar-refractivity contribution in [3.05, 3.63) is 83.2 Å². The first-order valence-corrected chi connectivity index (χ1v) is 12.6. The topological polar surface area (TPSA) is 49.7 Å². The average Bonchev–Trinajstić information content (AvgIpc) is 3.30. The first-order valence-electron chi connectivity index (χ1n) is 12.6. The van der Waals surface area contributed by atoms with Gasteiger partial charge in [-0.25, -0.2) is 0 Å². The molecular formula is C30H32N4O2. The Morgan fingerprint density at radius 1 is 1.06 bits per heavy atom. The highest BCUT2D eigenvalue weighted by molar-refractivity contribution is 5.99. The molecule has 3 aromatic rings. The van der Waals surface area contributed by atoms with Gasteiger partial charge < -0.3 is 24.4 Å². The highest BCUT2D eigenvalue weighted by Crippen LogP contribution is 2.44. The number of likely N-dealkylation sites (tertiary alicyclic amines) is 1. The molecular weight excluding hydrogens is 448 g/mol. The van der Waals surface area contributed by atoms with E-state index in [-0.39, 0.29) is 11.4 Å². The van der Waals surface area contributed by atoms with E-state index in [1.807, 2.05) is 25.1 Å². The van der Waals surface area contributed by atoms with Crippen LogP contribution in [0.3, 0.4) is 0 Å². The maximum absolute atomic E-state index is 13.6. The largest absolute Gasteiger partial charge is 0.497 e. The highest BCUT2D eigenvalue weighted by Gasteiger charge is 2.42. The Kier molecular flexibility index (Phi) is 5.40. The average molecular weight is 481 g/mol. The van der Waals surface area contributed by atoms with Crippen LogP contribution in [0.4, 0.5) is 11.4 Å². The van der Waals surface area contributed by atoms with Gasteiger partial charge in [-0.1, -0.05) is 18.2 Å². The van der Waals surface area contributed by atoms with Crippen molar-refractivity contribution in [3.8, 4) is 11.4 Å². The van der Waals surface area contributed by atoms with Gasteiger partial charge in [0.15, 0.2) is 0 Å².